The predicted octanol–water partition coefficient (Wildman–Crippen LogP) is 3.65. The quantitative estimate of drug-likeness (QED) is 0.805. The lowest BCUT2D eigenvalue weighted by Gasteiger charge is -2.16. The Hall–Kier alpha value is -0.240. The van der Waals surface area contributed by atoms with Gasteiger partial charge >= 0.3 is 0 Å². The van der Waals surface area contributed by atoms with Crippen molar-refractivity contribution in [3.05, 3.63) is 33.8 Å². The minimum atomic E-state index is -0.00352. The first-order chi connectivity index (χ1) is 6.00. The van der Waals surface area contributed by atoms with E-state index in [1.165, 1.54) is 0 Å². The third-order valence-corrected chi connectivity index (χ3v) is 2.42. The Labute approximate surface area is 88.8 Å². The van der Waals surface area contributed by atoms with Crippen LogP contribution < -0.4 is 5.73 Å². The second kappa shape index (κ2) is 4.32. The average molecular weight is 218 g/mol. The minimum Gasteiger partial charge on any atom is -0.324 e. The molecular weight excluding hydrogens is 205 g/mol. The molecule has 0 saturated carbocycles. The molecule has 1 unspecified atom stereocenters. The smallest absolute Gasteiger partial charge is 0.0424 e. The molecule has 0 fully saturated rings. The third kappa shape index (κ3) is 2.87. The second-order valence-corrected chi connectivity index (χ2v) is 4.35. The molecule has 0 radical (unpaired) electrons. The van der Waals surface area contributed by atoms with Crippen LogP contribution in [0.25, 0.3) is 0 Å². The van der Waals surface area contributed by atoms with Crippen LogP contribution in [0.4, 0.5) is 0 Å². The normalized spacial score (nSPS) is 13.4. The van der Waals surface area contributed by atoms with Crippen LogP contribution in [0, 0.1) is 5.92 Å². The Morgan fingerprint density at radius 2 is 1.54 bits per heavy atom. The Morgan fingerprint density at radius 1 is 1.08 bits per heavy atom. The zero-order valence-electron chi connectivity index (χ0n) is 7.72. The maximum Gasteiger partial charge on any atom is 0.0424 e. The zero-order chi connectivity index (χ0) is 10.0. The van der Waals surface area contributed by atoms with Crippen molar-refractivity contribution in [2.45, 2.75) is 19.9 Å². The largest absolute Gasteiger partial charge is 0.324 e. The lowest BCUT2D eigenvalue weighted by molar-refractivity contribution is 0.514. The Morgan fingerprint density at radius 3 is 1.92 bits per heavy atom. The molecule has 0 aliphatic carbocycles. The van der Waals surface area contributed by atoms with Gasteiger partial charge in [-0.2, -0.15) is 0 Å². The van der Waals surface area contributed by atoms with Gasteiger partial charge in [-0.15, -0.1) is 0 Å². The highest BCUT2D eigenvalue weighted by molar-refractivity contribution is 6.34. The van der Waals surface area contributed by atoms with Crippen LogP contribution in [0.5, 0.6) is 0 Å². The minimum absolute atomic E-state index is 0.00352. The SMILES string of the molecule is CC(C)C(N)c1cc(Cl)cc(Cl)c1. The van der Waals surface area contributed by atoms with E-state index in [4.69, 9.17) is 28.9 Å². The fourth-order valence-corrected chi connectivity index (χ4v) is 1.70. The van der Waals surface area contributed by atoms with Crippen molar-refractivity contribution in [3.63, 3.8) is 0 Å². The van der Waals surface area contributed by atoms with E-state index in [-0.39, 0.29) is 6.04 Å². The molecule has 0 heterocycles. The van der Waals surface area contributed by atoms with Gasteiger partial charge in [0.1, 0.15) is 0 Å². The molecular formula is C10H13Cl2N. The monoisotopic (exact) mass is 217 g/mol. The van der Waals surface area contributed by atoms with Crippen LogP contribution in [-0.4, -0.2) is 0 Å². The average Bonchev–Trinajstić information content (AvgIpc) is 2.01. The first-order valence-electron chi connectivity index (χ1n) is 4.22. The van der Waals surface area contributed by atoms with Crippen molar-refractivity contribution < 1.29 is 0 Å². The molecule has 1 atom stereocenters. The summed E-state index contributed by atoms with van der Waals surface area (Å²) in [6, 6.07) is 5.42. The number of halogens is 2. The highest BCUT2D eigenvalue weighted by Crippen LogP contribution is 2.25. The van der Waals surface area contributed by atoms with Crippen molar-refractivity contribution in [1.29, 1.82) is 0 Å². The van der Waals surface area contributed by atoms with Gasteiger partial charge in [0.05, 0.1) is 0 Å². The molecule has 1 nitrogen and oxygen atoms in total. The molecule has 0 aromatic heterocycles. The summed E-state index contributed by atoms with van der Waals surface area (Å²) in [6.07, 6.45) is 0. The molecule has 0 aliphatic rings. The van der Waals surface area contributed by atoms with E-state index in [2.05, 4.69) is 13.8 Å². The highest BCUT2D eigenvalue weighted by Gasteiger charge is 2.11. The van der Waals surface area contributed by atoms with Gasteiger partial charge < -0.3 is 5.73 Å². The van der Waals surface area contributed by atoms with Gasteiger partial charge in [-0.25, -0.2) is 0 Å². The van der Waals surface area contributed by atoms with Crippen LogP contribution in [0.3, 0.4) is 0 Å². The first-order valence-corrected chi connectivity index (χ1v) is 4.98. The zero-order valence-corrected chi connectivity index (χ0v) is 9.23. The van der Waals surface area contributed by atoms with Crippen LogP contribution in [-0.2, 0) is 0 Å². The molecule has 3 heteroatoms. The Balaban J connectivity index is 3.01. The van der Waals surface area contributed by atoms with Crippen molar-refractivity contribution in [2.24, 2.45) is 11.7 Å². The number of benzene rings is 1. The summed E-state index contributed by atoms with van der Waals surface area (Å²) in [5.74, 6) is 0.384. The molecule has 0 aliphatic heterocycles. The summed E-state index contributed by atoms with van der Waals surface area (Å²) >= 11 is 11.7. The maximum atomic E-state index is 5.96. The third-order valence-electron chi connectivity index (χ3n) is 1.99. The van der Waals surface area contributed by atoms with E-state index >= 15 is 0 Å². The van der Waals surface area contributed by atoms with E-state index in [1.807, 2.05) is 12.1 Å². The molecule has 0 bridgehead atoms. The molecule has 1 aromatic carbocycles. The number of rotatable bonds is 2. The van der Waals surface area contributed by atoms with Crippen LogP contribution in [0.15, 0.2) is 18.2 Å². The van der Waals surface area contributed by atoms with E-state index in [9.17, 15) is 0 Å². The van der Waals surface area contributed by atoms with Gasteiger partial charge in [0.2, 0.25) is 0 Å². The van der Waals surface area contributed by atoms with E-state index in [0.29, 0.717) is 16.0 Å². The van der Waals surface area contributed by atoms with Crippen molar-refractivity contribution >= 4 is 23.2 Å². The Bertz CT molecular complexity index is 277. The highest BCUT2D eigenvalue weighted by atomic mass is 35.5. The van der Waals surface area contributed by atoms with Gasteiger partial charge in [-0.05, 0) is 29.7 Å². The summed E-state index contributed by atoms with van der Waals surface area (Å²) in [5.41, 5.74) is 6.95. The topological polar surface area (TPSA) is 26.0 Å². The van der Waals surface area contributed by atoms with Gasteiger partial charge in [0.15, 0.2) is 0 Å². The van der Waals surface area contributed by atoms with Gasteiger partial charge in [-0.3, -0.25) is 0 Å². The van der Waals surface area contributed by atoms with Crippen molar-refractivity contribution in [1.82, 2.24) is 0 Å². The molecule has 0 saturated heterocycles. The fourth-order valence-electron chi connectivity index (χ4n) is 1.15. The standard InChI is InChI=1S/C10H13Cl2N/c1-6(2)10(13)7-3-8(11)5-9(12)4-7/h3-6,10H,13H2,1-2H3. The van der Waals surface area contributed by atoms with E-state index < -0.39 is 0 Å². The number of hydrogen-bond donors (Lipinski definition) is 1. The summed E-state index contributed by atoms with van der Waals surface area (Å²) in [5, 5.41) is 1.28. The van der Waals surface area contributed by atoms with E-state index in [1.54, 1.807) is 6.07 Å². The molecule has 2 N–H and O–H groups in total. The molecule has 72 valence electrons. The van der Waals surface area contributed by atoms with Crippen LogP contribution >= 0.6 is 23.2 Å². The maximum absolute atomic E-state index is 5.96. The molecule has 13 heavy (non-hydrogen) atoms. The summed E-state index contributed by atoms with van der Waals surface area (Å²) in [4.78, 5) is 0. The van der Waals surface area contributed by atoms with Crippen LogP contribution in [0.1, 0.15) is 25.5 Å². The first kappa shape index (κ1) is 10.8. The van der Waals surface area contributed by atoms with Gasteiger partial charge in [-0.1, -0.05) is 37.0 Å². The summed E-state index contributed by atoms with van der Waals surface area (Å²) < 4.78 is 0. The predicted molar refractivity (Wildman–Crippen MR) is 58.2 cm³/mol. The summed E-state index contributed by atoms with van der Waals surface area (Å²) in [6.45, 7) is 4.14. The Kier molecular flexibility index (Phi) is 3.60. The van der Waals surface area contributed by atoms with Crippen molar-refractivity contribution in [2.75, 3.05) is 0 Å². The van der Waals surface area contributed by atoms with Crippen molar-refractivity contribution in [3.8, 4) is 0 Å². The molecule has 1 aromatic rings. The molecule has 0 spiro atoms. The van der Waals surface area contributed by atoms with E-state index in [0.717, 1.165) is 5.56 Å². The second-order valence-electron chi connectivity index (χ2n) is 3.47. The van der Waals surface area contributed by atoms with Gasteiger partial charge in [0, 0.05) is 16.1 Å². The fraction of sp³-hybridized carbons (Fsp3) is 0.400. The lowest BCUT2D eigenvalue weighted by atomic mass is 9.97. The van der Waals surface area contributed by atoms with Gasteiger partial charge in [0.25, 0.3) is 0 Å². The molecule has 0 amide bonds. The number of hydrogen-bond acceptors (Lipinski definition) is 1. The summed E-state index contributed by atoms with van der Waals surface area (Å²) in [7, 11) is 0. The lowest BCUT2D eigenvalue weighted by Crippen LogP contribution is -2.16. The molecule has 1 rings (SSSR count). The van der Waals surface area contributed by atoms with Crippen LogP contribution in [0.2, 0.25) is 10.0 Å². The number of nitrogens with two attached hydrogens (primary N) is 1.